The number of hydrogen-bond acceptors (Lipinski definition) is 2. The monoisotopic (exact) mass is 286 g/mol. The second-order valence-corrected chi connectivity index (χ2v) is 7.06. The number of benzene rings is 1. The maximum atomic E-state index is 3.86. The van der Waals surface area contributed by atoms with E-state index in [9.17, 15) is 0 Å². The Morgan fingerprint density at radius 1 is 1.19 bits per heavy atom. The van der Waals surface area contributed by atoms with Gasteiger partial charge in [0.25, 0.3) is 0 Å². The van der Waals surface area contributed by atoms with Gasteiger partial charge in [-0.2, -0.15) is 0 Å². The van der Waals surface area contributed by atoms with Crippen LogP contribution in [0.1, 0.15) is 50.7 Å². The Labute approximate surface area is 129 Å². The largest absolute Gasteiger partial charge is 0.311 e. The summed E-state index contributed by atoms with van der Waals surface area (Å²) >= 11 is 0. The molecule has 1 N–H and O–H groups in total. The highest BCUT2D eigenvalue weighted by Gasteiger charge is 2.43. The molecular formula is C19H30N2. The van der Waals surface area contributed by atoms with Crippen LogP contribution in [0.25, 0.3) is 0 Å². The molecule has 0 spiro atoms. The second kappa shape index (κ2) is 6.10. The fourth-order valence-electron chi connectivity index (χ4n) is 3.92. The summed E-state index contributed by atoms with van der Waals surface area (Å²) in [4.78, 5) is 2.79. The van der Waals surface area contributed by atoms with Crippen molar-refractivity contribution in [2.45, 2.75) is 64.6 Å². The molecule has 1 aliphatic carbocycles. The van der Waals surface area contributed by atoms with Gasteiger partial charge < -0.3 is 5.32 Å². The Morgan fingerprint density at radius 2 is 1.90 bits per heavy atom. The van der Waals surface area contributed by atoms with E-state index in [0.29, 0.717) is 5.54 Å². The van der Waals surface area contributed by atoms with E-state index >= 15 is 0 Å². The standard InChI is InChI=1S/C19H30N2/c1-4-19(5-2)14-20-18(16-10-11-16)13-21(19)12-17-9-7-6-8-15(17)3/h6-9,16,18,20H,4-5,10-14H2,1-3H3. The van der Waals surface area contributed by atoms with Crippen LogP contribution in [0.4, 0.5) is 0 Å². The lowest BCUT2D eigenvalue weighted by molar-refractivity contribution is 0.0201. The van der Waals surface area contributed by atoms with Crippen LogP contribution in [0.15, 0.2) is 24.3 Å². The van der Waals surface area contributed by atoms with Crippen molar-refractivity contribution in [1.82, 2.24) is 10.2 Å². The van der Waals surface area contributed by atoms with E-state index in [1.54, 1.807) is 0 Å². The Balaban J connectivity index is 1.80. The third-order valence-electron chi connectivity index (χ3n) is 5.91. The summed E-state index contributed by atoms with van der Waals surface area (Å²) in [5, 5.41) is 3.86. The normalized spacial score (nSPS) is 26.0. The first-order valence-corrected chi connectivity index (χ1v) is 8.71. The molecule has 2 heteroatoms. The molecule has 1 aromatic rings. The summed E-state index contributed by atoms with van der Waals surface area (Å²) in [6.45, 7) is 10.4. The number of rotatable bonds is 5. The predicted molar refractivity (Wildman–Crippen MR) is 89.4 cm³/mol. The second-order valence-electron chi connectivity index (χ2n) is 7.06. The van der Waals surface area contributed by atoms with Crippen LogP contribution in [0, 0.1) is 12.8 Å². The molecule has 3 rings (SSSR count). The molecule has 1 heterocycles. The van der Waals surface area contributed by atoms with E-state index in [2.05, 4.69) is 55.3 Å². The van der Waals surface area contributed by atoms with Crippen molar-refractivity contribution in [3.8, 4) is 0 Å². The third kappa shape index (κ3) is 3.02. The van der Waals surface area contributed by atoms with Gasteiger partial charge in [0.15, 0.2) is 0 Å². The average molecular weight is 286 g/mol. The van der Waals surface area contributed by atoms with E-state index in [0.717, 1.165) is 25.0 Å². The minimum Gasteiger partial charge on any atom is -0.311 e. The summed E-state index contributed by atoms with van der Waals surface area (Å²) in [6.07, 6.45) is 5.34. The average Bonchev–Trinajstić information content (AvgIpc) is 3.34. The van der Waals surface area contributed by atoms with Crippen molar-refractivity contribution < 1.29 is 0 Å². The van der Waals surface area contributed by atoms with Gasteiger partial charge in [-0.3, -0.25) is 4.90 Å². The predicted octanol–water partition coefficient (Wildman–Crippen LogP) is 3.74. The minimum atomic E-state index is 0.341. The number of hydrogen-bond donors (Lipinski definition) is 1. The van der Waals surface area contributed by atoms with Crippen LogP contribution >= 0.6 is 0 Å². The zero-order chi connectivity index (χ0) is 14.9. The number of piperazine rings is 1. The lowest BCUT2D eigenvalue weighted by atomic mass is 9.86. The first-order valence-electron chi connectivity index (χ1n) is 8.71. The van der Waals surface area contributed by atoms with Crippen molar-refractivity contribution in [3.05, 3.63) is 35.4 Å². The van der Waals surface area contributed by atoms with E-state index in [1.807, 2.05) is 0 Å². The van der Waals surface area contributed by atoms with Gasteiger partial charge in [-0.1, -0.05) is 38.1 Å². The quantitative estimate of drug-likeness (QED) is 0.887. The molecule has 1 saturated heterocycles. The van der Waals surface area contributed by atoms with Crippen molar-refractivity contribution >= 4 is 0 Å². The molecule has 1 aromatic carbocycles. The molecule has 0 bridgehead atoms. The summed E-state index contributed by atoms with van der Waals surface area (Å²) < 4.78 is 0. The fourth-order valence-corrected chi connectivity index (χ4v) is 3.92. The summed E-state index contributed by atoms with van der Waals surface area (Å²) in [5.74, 6) is 0.941. The minimum absolute atomic E-state index is 0.341. The van der Waals surface area contributed by atoms with E-state index in [4.69, 9.17) is 0 Å². The van der Waals surface area contributed by atoms with Crippen LogP contribution in [-0.2, 0) is 6.54 Å². The molecule has 2 nitrogen and oxygen atoms in total. The highest BCUT2D eigenvalue weighted by molar-refractivity contribution is 5.26. The van der Waals surface area contributed by atoms with Crippen molar-refractivity contribution in [2.75, 3.05) is 13.1 Å². The summed E-state index contributed by atoms with van der Waals surface area (Å²) in [5.41, 5.74) is 3.27. The molecule has 0 amide bonds. The smallest absolute Gasteiger partial charge is 0.0333 e. The topological polar surface area (TPSA) is 15.3 Å². The molecule has 2 fully saturated rings. The molecule has 1 atom stereocenters. The molecular weight excluding hydrogens is 256 g/mol. The van der Waals surface area contributed by atoms with Gasteiger partial charge in [0, 0.05) is 31.2 Å². The SMILES string of the molecule is CCC1(CC)CNC(C2CC2)CN1Cc1ccccc1C. The first kappa shape index (κ1) is 15.1. The van der Waals surface area contributed by atoms with Gasteiger partial charge in [-0.25, -0.2) is 0 Å². The molecule has 0 aromatic heterocycles. The molecule has 1 saturated carbocycles. The molecule has 2 aliphatic rings. The van der Waals surface area contributed by atoms with Crippen LogP contribution in [-0.4, -0.2) is 29.6 Å². The molecule has 1 aliphatic heterocycles. The third-order valence-corrected chi connectivity index (χ3v) is 5.91. The number of nitrogens with zero attached hydrogens (tertiary/aromatic N) is 1. The van der Waals surface area contributed by atoms with Crippen molar-refractivity contribution in [3.63, 3.8) is 0 Å². The molecule has 1 unspecified atom stereocenters. The van der Waals surface area contributed by atoms with Gasteiger partial charge in [0.2, 0.25) is 0 Å². The van der Waals surface area contributed by atoms with E-state index in [-0.39, 0.29) is 0 Å². The number of nitrogens with one attached hydrogen (secondary N) is 1. The maximum absolute atomic E-state index is 3.86. The molecule has 21 heavy (non-hydrogen) atoms. The fraction of sp³-hybridized carbons (Fsp3) is 0.684. The van der Waals surface area contributed by atoms with Crippen molar-refractivity contribution in [1.29, 1.82) is 0 Å². The van der Waals surface area contributed by atoms with Gasteiger partial charge in [0.1, 0.15) is 0 Å². The lowest BCUT2D eigenvalue weighted by Gasteiger charge is -2.50. The maximum Gasteiger partial charge on any atom is 0.0333 e. The van der Waals surface area contributed by atoms with Crippen LogP contribution in [0.3, 0.4) is 0 Å². The Morgan fingerprint density at radius 3 is 2.52 bits per heavy atom. The lowest BCUT2D eigenvalue weighted by Crippen LogP contribution is -2.64. The van der Waals surface area contributed by atoms with Crippen LogP contribution < -0.4 is 5.32 Å². The summed E-state index contributed by atoms with van der Waals surface area (Å²) in [7, 11) is 0. The highest BCUT2D eigenvalue weighted by atomic mass is 15.3. The van der Waals surface area contributed by atoms with Gasteiger partial charge in [-0.05, 0) is 49.7 Å². The first-order chi connectivity index (χ1) is 10.2. The van der Waals surface area contributed by atoms with E-state index in [1.165, 1.54) is 43.4 Å². The zero-order valence-electron chi connectivity index (χ0n) is 13.9. The summed E-state index contributed by atoms with van der Waals surface area (Å²) in [6, 6.07) is 9.61. The van der Waals surface area contributed by atoms with E-state index < -0.39 is 0 Å². The Bertz CT molecular complexity index is 474. The van der Waals surface area contributed by atoms with Crippen LogP contribution in [0.2, 0.25) is 0 Å². The Kier molecular flexibility index (Phi) is 4.37. The Hall–Kier alpha value is -0.860. The highest BCUT2D eigenvalue weighted by Crippen LogP contribution is 2.38. The van der Waals surface area contributed by atoms with Crippen molar-refractivity contribution in [2.24, 2.45) is 5.92 Å². The van der Waals surface area contributed by atoms with Gasteiger partial charge in [0.05, 0.1) is 0 Å². The zero-order valence-corrected chi connectivity index (χ0v) is 13.9. The molecule has 116 valence electrons. The van der Waals surface area contributed by atoms with Crippen LogP contribution in [0.5, 0.6) is 0 Å². The number of aryl methyl sites for hydroxylation is 1. The van der Waals surface area contributed by atoms with Gasteiger partial charge in [-0.15, -0.1) is 0 Å². The van der Waals surface area contributed by atoms with Gasteiger partial charge >= 0.3 is 0 Å². The molecule has 0 radical (unpaired) electrons.